The van der Waals surface area contributed by atoms with Gasteiger partial charge in [0.05, 0.1) is 4.92 Å². The standard InChI is InChI=1S/C13H17ClN2O2/c1-2-10-5-4-8-15(9-10)12-7-3-6-11(14)13(12)16(17)18/h3,6-7,10H,2,4-5,8-9H2,1H3. The summed E-state index contributed by atoms with van der Waals surface area (Å²) in [5, 5.41) is 11.3. The van der Waals surface area contributed by atoms with Crippen LogP contribution in [0.25, 0.3) is 0 Å². The van der Waals surface area contributed by atoms with Crippen molar-refractivity contribution in [2.24, 2.45) is 5.92 Å². The molecule has 1 atom stereocenters. The molecule has 1 aromatic carbocycles. The summed E-state index contributed by atoms with van der Waals surface area (Å²) >= 11 is 5.95. The molecule has 98 valence electrons. The molecule has 1 fully saturated rings. The zero-order chi connectivity index (χ0) is 13.1. The van der Waals surface area contributed by atoms with Crippen molar-refractivity contribution in [3.63, 3.8) is 0 Å². The fourth-order valence-electron chi connectivity index (χ4n) is 2.56. The third kappa shape index (κ3) is 2.58. The number of anilines is 1. The quantitative estimate of drug-likeness (QED) is 0.617. The maximum Gasteiger partial charge on any atom is 0.310 e. The Balaban J connectivity index is 2.32. The van der Waals surface area contributed by atoms with Gasteiger partial charge in [0.2, 0.25) is 0 Å². The number of nitro groups is 1. The molecule has 18 heavy (non-hydrogen) atoms. The lowest BCUT2D eigenvalue weighted by Crippen LogP contribution is -2.35. The summed E-state index contributed by atoms with van der Waals surface area (Å²) in [7, 11) is 0. The van der Waals surface area contributed by atoms with E-state index in [1.165, 1.54) is 6.42 Å². The van der Waals surface area contributed by atoms with Gasteiger partial charge in [0.1, 0.15) is 10.7 Å². The maximum absolute atomic E-state index is 11.1. The Kier molecular flexibility index (Phi) is 4.07. The molecule has 1 aliphatic heterocycles. The first-order valence-corrected chi connectivity index (χ1v) is 6.69. The SMILES string of the molecule is CCC1CCCN(c2cccc(Cl)c2[N+](=O)[O-])C1. The van der Waals surface area contributed by atoms with Crippen LogP contribution in [0.3, 0.4) is 0 Å². The highest BCUT2D eigenvalue weighted by atomic mass is 35.5. The second kappa shape index (κ2) is 5.57. The molecular weight excluding hydrogens is 252 g/mol. The van der Waals surface area contributed by atoms with Crippen molar-refractivity contribution in [1.82, 2.24) is 0 Å². The number of para-hydroxylation sites is 1. The van der Waals surface area contributed by atoms with Crippen molar-refractivity contribution in [2.45, 2.75) is 26.2 Å². The van der Waals surface area contributed by atoms with Crippen LogP contribution in [0.15, 0.2) is 18.2 Å². The molecule has 0 spiro atoms. The second-order valence-electron chi connectivity index (χ2n) is 4.73. The lowest BCUT2D eigenvalue weighted by molar-refractivity contribution is -0.384. The Morgan fingerprint density at radius 3 is 3.00 bits per heavy atom. The number of hydrogen-bond acceptors (Lipinski definition) is 3. The van der Waals surface area contributed by atoms with Gasteiger partial charge < -0.3 is 4.90 Å². The fraction of sp³-hybridized carbons (Fsp3) is 0.538. The smallest absolute Gasteiger partial charge is 0.310 e. The largest absolute Gasteiger partial charge is 0.366 e. The van der Waals surface area contributed by atoms with Crippen molar-refractivity contribution in [2.75, 3.05) is 18.0 Å². The minimum Gasteiger partial charge on any atom is -0.366 e. The zero-order valence-electron chi connectivity index (χ0n) is 10.4. The summed E-state index contributed by atoms with van der Waals surface area (Å²) in [6.07, 6.45) is 3.41. The molecule has 0 amide bonds. The van der Waals surface area contributed by atoms with E-state index in [9.17, 15) is 10.1 Å². The second-order valence-corrected chi connectivity index (χ2v) is 5.13. The number of rotatable bonds is 3. The van der Waals surface area contributed by atoms with Crippen molar-refractivity contribution < 1.29 is 4.92 Å². The van der Waals surface area contributed by atoms with Gasteiger partial charge in [-0.05, 0) is 30.9 Å². The summed E-state index contributed by atoms with van der Waals surface area (Å²) in [5.41, 5.74) is 0.696. The highest BCUT2D eigenvalue weighted by molar-refractivity contribution is 6.33. The van der Waals surface area contributed by atoms with Gasteiger partial charge in [-0.2, -0.15) is 0 Å². The summed E-state index contributed by atoms with van der Waals surface area (Å²) in [4.78, 5) is 12.8. The van der Waals surface area contributed by atoms with E-state index in [0.717, 1.165) is 25.9 Å². The van der Waals surface area contributed by atoms with E-state index in [1.54, 1.807) is 18.2 Å². The van der Waals surface area contributed by atoms with Crippen molar-refractivity contribution >= 4 is 23.0 Å². The van der Waals surface area contributed by atoms with Gasteiger partial charge in [0, 0.05) is 13.1 Å². The lowest BCUT2D eigenvalue weighted by Gasteiger charge is -2.33. The molecule has 5 heteroatoms. The zero-order valence-corrected chi connectivity index (χ0v) is 11.2. The van der Waals surface area contributed by atoms with Crippen LogP contribution < -0.4 is 4.90 Å². The van der Waals surface area contributed by atoms with Gasteiger partial charge in [-0.1, -0.05) is 31.0 Å². The first kappa shape index (κ1) is 13.1. The molecule has 1 unspecified atom stereocenters. The van der Waals surface area contributed by atoms with E-state index in [1.807, 2.05) is 0 Å². The Morgan fingerprint density at radius 1 is 1.56 bits per heavy atom. The summed E-state index contributed by atoms with van der Waals surface area (Å²) in [6, 6.07) is 5.15. The molecule has 0 aromatic heterocycles. The normalized spacial score (nSPS) is 19.9. The predicted octanol–water partition coefficient (Wildman–Crippen LogP) is 3.87. The molecule has 1 saturated heterocycles. The molecule has 0 bridgehead atoms. The highest BCUT2D eigenvalue weighted by Crippen LogP contribution is 2.37. The van der Waals surface area contributed by atoms with Crippen molar-refractivity contribution in [1.29, 1.82) is 0 Å². The highest BCUT2D eigenvalue weighted by Gasteiger charge is 2.26. The molecule has 0 aliphatic carbocycles. The molecule has 1 aromatic rings. The van der Waals surface area contributed by atoms with Gasteiger partial charge >= 0.3 is 5.69 Å². The van der Waals surface area contributed by atoms with Crippen LogP contribution in [0.4, 0.5) is 11.4 Å². The summed E-state index contributed by atoms with van der Waals surface area (Å²) in [5.74, 6) is 0.623. The summed E-state index contributed by atoms with van der Waals surface area (Å²) in [6.45, 7) is 3.93. The Morgan fingerprint density at radius 2 is 2.33 bits per heavy atom. The number of hydrogen-bond donors (Lipinski definition) is 0. The number of nitro benzene ring substituents is 1. The van der Waals surface area contributed by atoms with Crippen LogP contribution in [0.5, 0.6) is 0 Å². The Hall–Kier alpha value is -1.29. The van der Waals surface area contributed by atoms with Gasteiger partial charge in [0.25, 0.3) is 0 Å². The first-order chi connectivity index (χ1) is 8.63. The average Bonchev–Trinajstić information content (AvgIpc) is 2.38. The van der Waals surface area contributed by atoms with Crippen LogP contribution in [0.2, 0.25) is 5.02 Å². The van der Waals surface area contributed by atoms with E-state index in [2.05, 4.69) is 11.8 Å². The van der Waals surface area contributed by atoms with Crippen LogP contribution in [-0.4, -0.2) is 18.0 Å². The van der Waals surface area contributed by atoms with Crippen LogP contribution in [0.1, 0.15) is 26.2 Å². The van der Waals surface area contributed by atoms with Crippen LogP contribution >= 0.6 is 11.6 Å². The van der Waals surface area contributed by atoms with E-state index in [4.69, 9.17) is 11.6 Å². The summed E-state index contributed by atoms with van der Waals surface area (Å²) < 4.78 is 0. The Labute approximate surface area is 112 Å². The maximum atomic E-state index is 11.1. The number of piperidine rings is 1. The molecule has 0 N–H and O–H groups in total. The number of halogens is 1. The first-order valence-electron chi connectivity index (χ1n) is 6.31. The molecule has 1 aliphatic rings. The molecule has 1 heterocycles. The van der Waals surface area contributed by atoms with Gasteiger partial charge in [-0.3, -0.25) is 10.1 Å². The molecule has 0 saturated carbocycles. The topological polar surface area (TPSA) is 46.4 Å². The van der Waals surface area contributed by atoms with Gasteiger partial charge in [0.15, 0.2) is 0 Å². The Bertz CT molecular complexity index is 451. The minimum atomic E-state index is -0.382. The minimum absolute atomic E-state index is 0.0379. The molecule has 0 radical (unpaired) electrons. The molecule has 4 nitrogen and oxygen atoms in total. The molecular formula is C13H17ClN2O2. The monoisotopic (exact) mass is 268 g/mol. The van der Waals surface area contributed by atoms with E-state index in [0.29, 0.717) is 11.6 Å². The van der Waals surface area contributed by atoms with Crippen molar-refractivity contribution in [3.05, 3.63) is 33.3 Å². The fourth-order valence-corrected chi connectivity index (χ4v) is 2.80. The van der Waals surface area contributed by atoms with Gasteiger partial charge in [-0.15, -0.1) is 0 Å². The molecule has 2 rings (SSSR count). The lowest BCUT2D eigenvalue weighted by atomic mass is 9.95. The van der Waals surface area contributed by atoms with E-state index in [-0.39, 0.29) is 15.6 Å². The van der Waals surface area contributed by atoms with Gasteiger partial charge in [-0.25, -0.2) is 0 Å². The van der Waals surface area contributed by atoms with Crippen LogP contribution in [-0.2, 0) is 0 Å². The van der Waals surface area contributed by atoms with Crippen molar-refractivity contribution in [3.8, 4) is 0 Å². The predicted molar refractivity (Wildman–Crippen MR) is 73.3 cm³/mol. The van der Waals surface area contributed by atoms with Crippen LogP contribution in [0, 0.1) is 16.0 Å². The number of benzene rings is 1. The number of nitrogens with zero attached hydrogens (tertiary/aromatic N) is 2. The average molecular weight is 269 g/mol. The van der Waals surface area contributed by atoms with E-state index < -0.39 is 0 Å². The third-order valence-corrected chi connectivity index (χ3v) is 3.89. The third-order valence-electron chi connectivity index (χ3n) is 3.59. The van der Waals surface area contributed by atoms with E-state index >= 15 is 0 Å².